The van der Waals surface area contributed by atoms with Crippen LogP contribution in [0.3, 0.4) is 0 Å². The molecule has 0 saturated heterocycles. The fraction of sp³-hybridized carbons (Fsp3) is 0.176. The topological polar surface area (TPSA) is 44.4 Å². The highest BCUT2D eigenvalue weighted by molar-refractivity contribution is 5.98. The van der Waals surface area contributed by atoms with Gasteiger partial charge in [-0.2, -0.15) is 4.57 Å². The molecule has 0 amide bonds. The Morgan fingerprint density at radius 2 is 1.90 bits per heavy atom. The van der Waals surface area contributed by atoms with Gasteiger partial charge in [0.2, 0.25) is 6.17 Å². The average molecular weight is 281 g/mol. The molecule has 1 N–H and O–H groups in total. The van der Waals surface area contributed by atoms with Crippen LogP contribution in [-0.4, -0.2) is 16.1 Å². The number of rotatable bonds is 3. The molecule has 0 spiro atoms. The zero-order valence-electron chi connectivity index (χ0n) is 11.6. The van der Waals surface area contributed by atoms with Crippen molar-refractivity contribution in [3.8, 4) is 0 Å². The highest BCUT2D eigenvalue weighted by atomic mass is 16.5. The van der Waals surface area contributed by atoms with Crippen LogP contribution in [-0.2, 0) is 0 Å². The summed E-state index contributed by atoms with van der Waals surface area (Å²) in [4.78, 5) is 12.7. The first kappa shape index (κ1) is 13.7. The van der Waals surface area contributed by atoms with Gasteiger partial charge in [0.05, 0.1) is 0 Å². The van der Waals surface area contributed by atoms with Crippen LogP contribution in [0.5, 0.6) is 0 Å². The van der Waals surface area contributed by atoms with Crippen molar-refractivity contribution in [3.05, 3.63) is 78.6 Å². The van der Waals surface area contributed by atoms with Crippen LogP contribution in [0.1, 0.15) is 34.7 Å². The van der Waals surface area contributed by atoms with Crippen molar-refractivity contribution in [2.24, 2.45) is 0 Å². The summed E-state index contributed by atoms with van der Waals surface area (Å²) in [6, 6.07) is 14.1. The molecule has 1 aromatic heterocycles. The van der Waals surface area contributed by atoms with Gasteiger partial charge in [-0.25, -0.2) is 0 Å². The molecule has 21 heavy (non-hydrogen) atoms. The van der Waals surface area contributed by atoms with E-state index in [0.717, 1.165) is 10.6 Å². The molecule has 3 rings (SSSR count). The third-order valence-electron chi connectivity index (χ3n) is 3.77. The van der Waals surface area contributed by atoms with Crippen molar-refractivity contribution in [3.63, 3.8) is 0 Å². The number of hydrogen-bond acceptors (Lipinski definition) is 3. The molecule has 0 bridgehead atoms. The molecule has 1 aliphatic rings. The van der Waals surface area contributed by atoms with E-state index < -0.39 is 6.04 Å². The van der Waals surface area contributed by atoms with Gasteiger partial charge in [-0.05, 0) is 11.6 Å². The van der Waals surface area contributed by atoms with Crippen LogP contribution in [0.25, 0.3) is 0 Å². The number of nitrogens with zero attached hydrogens (tertiary/aromatic N) is 2. The number of carbonyl (C=O) groups excluding carboxylic acids is 1. The second-order valence-electron chi connectivity index (χ2n) is 5.06. The lowest BCUT2D eigenvalue weighted by Gasteiger charge is -2.32. The van der Waals surface area contributed by atoms with Gasteiger partial charge < -0.3 is 5.21 Å². The van der Waals surface area contributed by atoms with Crippen LogP contribution in [0, 0.1) is 0 Å². The molecule has 0 fully saturated rings. The number of benzene rings is 1. The first-order valence-corrected chi connectivity index (χ1v) is 6.91. The summed E-state index contributed by atoms with van der Waals surface area (Å²) in [5.74, 6) is -0.107. The number of hydrogen-bond donors (Lipinski definition) is 1. The molecular formula is C17H17N2O2+. The number of pyridine rings is 1. The van der Waals surface area contributed by atoms with Crippen LogP contribution < -0.4 is 4.57 Å². The van der Waals surface area contributed by atoms with Crippen molar-refractivity contribution in [2.75, 3.05) is 0 Å². The lowest BCUT2D eigenvalue weighted by molar-refractivity contribution is -0.763. The van der Waals surface area contributed by atoms with Crippen molar-refractivity contribution in [1.29, 1.82) is 0 Å². The SMILES string of the molecule is C=CCC1N(O)C(c2ccccc2)C(=O)c2cccc[n+]21. The summed E-state index contributed by atoms with van der Waals surface area (Å²) in [5, 5.41) is 11.7. The Bertz CT molecular complexity index is 670. The molecular weight excluding hydrogens is 264 g/mol. The second kappa shape index (κ2) is 5.60. The fourth-order valence-corrected chi connectivity index (χ4v) is 2.79. The van der Waals surface area contributed by atoms with Gasteiger partial charge in [0.15, 0.2) is 6.20 Å². The highest BCUT2D eigenvalue weighted by Gasteiger charge is 2.45. The molecule has 2 atom stereocenters. The van der Waals surface area contributed by atoms with E-state index >= 15 is 0 Å². The summed E-state index contributed by atoms with van der Waals surface area (Å²) >= 11 is 0. The maximum Gasteiger partial charge on any atom is 0.252 e. The van der Waals surface area contributed by atoms with Crippen LogP contribution in [0.2, 0.25) is 0 Å². The number of carbonyl (C=O) groups is 1. The van der Waals surface area contributed by atoms with Crippen molar-refractivity contribution in [2.45, 2.75) is 18.6 Å². The van der Waals surface area contributed by atoms with Crippen molar-refractivity contribution < 1.29 is 14.6 Å². The predicted octanol–water partition coefficient (Wildman–Crippen LogP) is 2.68. The molecule has 2 heterocycles. The van der Waals surface area contributed by atoms with Gasteiger partial charge in [0.1, 0.15) is 6.04 Å². The Balaban J connectivity index is 2.12. The van der Waals surface area contributed by atoms with Gasteiger partial charge in [-0.15, -0.1) is 11.6 Å². The zero-order chi connectivity index (χ0) is 14.8. The summed E-state index contributed by atoms with van der Waals surface area (Å²) in [7, 11) is 0. The maximum absolute atomic E-state index is 12.7. The van der Waals surface area contributed by atoms with Crippen LogP contribution in [0.15, 0.2) is 67.4 Å². The maximum atomic E-state index is 12.7. The Morgan fingerprint density at radius 3 is 2.62 bits per heavy atom. The molecule has 0 radical (unpaired) electrons. The Labute approximate surface area is 123 Å². The molecule has 4 heteroatoms. The summed E-state index contributed by atoms with van der Waals surface area (Å²) < 4.78 is 1.80. The summed E-state index contributed by atoms with van der Waals surface area (Å²) in [6.45, 7) is 3.74. The van der Waals surface area contributed by atoms with E-state index in [-0.39, 0.29) is 11.9 Å². The summed E-state index contributed by atoms with van der Waals surface area (Å²) in [6.07, 6.45) is 3.78. The third-order valence-corrected chi connectivity index (χ3v) is 3.77. The van der Waals surface area contributed by atoms with Crippen molar-refractivity contribution in [1.82, 2.24) is 5.06 Å². The number of hydroxylamine groups is 2. The minimum atomic E-state index is -0.682. The van der Waals surface area contributed by atoms with E-state index in [4.69, 9.17) is 0 Å². The van der Waals surface area contributed by atoms with Gasteiger partial charge >= 0.3 is 0 Å². The first-order chi connectivity index (χ1) is 10.2. The van der Waals surface area contributed by atoms with E-state index in [9.17, 15) is 10.0 Å². The van der Waals surface area contributed by atoms with Gasteiger partial charge in [0.25, 0.3) is 11.5 Å². The number of ketones is 1. The minimum absolute atomic E-state index is 0.107. The van der Waals surface area contributed by atoms with Gasteiger partial charge in [-0.1, -0.05) is 36.4 Å². The molecule has 1 aliphatic heterocycles. The van der Waals surface area contributed by atoms with E-state index in [2.05, 4.69) is 6.58 Å². The molecule has 0 saturated carbocycles. The van der Waals surface area contributed by atoms with Crippen molar-refractivity contribution >= 4 is 5.78 Å². The molecule has 2 unspecified atom stereocenters. The van der Waals surface area contributed by atoms with Gasteiger partial charge in [0, 0.05) is 18.6 Å². The molecule has 106 valence electrons. The number of fused-ring (bicyclic) bond motifs is 1. The molecule has 4 nitrogen and oxygen atoms in total. The standard InChI is InChI=1S/C17H17N2O2/c1-2-8-15-18-12-7-6-11-14(18)17(20)16(19(15)21)13-9-4-3-5-10-13/h2-7,9-12,15-16,21H,1,8H2/q+1. The average Bonchev–Trinajstić information content (AvgIpc) is 2.53. The van der Waals surface area contributed by atoms with Gasteiger partial charge in [-0.3, -0.25) is 4.79 Å². The molecule has 1 aromatic carbocycles. The molecule has 0 aliphatic carbocycles. The number of Topliss-reactive ketones (excluding diaryl/α,β-unsaturated/α-hetero) is 1. The van der Waals surface area contributed by atoms with Crippen LogP contribution in [0.4, 0.5) is 0 Å². The minimum Gasteiger partial charge on any atom is -0.307 e. The highest BCUT2D eigenvalue weighted by Crippen LogP contribution is 2.31. The summed E-state index contributed by atoms with van der Waals surface area (Å²) in [5.41, 5.74) is 1.39. The monoisotopic (exact) mass is 281 g/mol. The Kier molecular flexibility index (Phi) is 3.64. The zero-order valence-corrected chi connectivity index (χ0v) is 11.6. The Hall–Kier alpha value is -2.30. The number of aromatic nitrogens is 1. The lowest BCUT2D eigenvalue weighted by atomic mass is 9.96. The van der Waals surface area contributed by atoms with E-state index in [1.54, 1.807) is 16.7 Å². The Morgan fingerprint density at radius 1 is 1.19 bits per heavy atom. The predicted molar refractivity (Wildman–Crippen MR) is 77.6 cm³/mol. The largest absolute Gasteiger partial charge is 0.307 e. The van der Waals surface area contributed by atoms with E-state index in [1.165, 1.54) is 0 Å². The molecule has 2 aromatic rings. The quantitative estimate of drug-likeness (QED) is 0.695. The normalized spacial score (nSPS) is 21.9. The first-order valence-electron chi connectivity index (χ1n) is 6.91. The fourth-order valence-electron chi connectivity index (χ4n) is 2.79. The second-order valence-corrected chi connectivity index (χ2v) is 5.06. The lowest BCUT2D eigenvalue weighted by Crippen LogP contribution is -2.58. The van der Waals surface area contributed by atoms with E-state index in [1.807, 2.05) is 48.7 Å². The smallest absolute Gasteiger partial charge is 0.252 e. The van der Waals surface area contributed by atoms with Crippen LogP contribution >= 0.6 is 0 Å². The van der Waals surface area contributed by atoms with E-state index in [0.29, 0.717) is 12.1 Å². The third kappa shape index (κ3) is 2.28.